The number of carbonyl (C=O) groups excluding carboxylic acids is 1. The summed E-state index contributed by atoms with van der Waals surface area (Å²) in [6, 6.07) is 29.6. The van der Waals surface area contributed by atoms with Crippen molar-refractivity contribution in [1.82, 2.24) is 10.3 Å². The van der Waals surface area contributed by atoms with Gasteiger partial charge in [0.1, 0.15) is 4.88 Å². The molecule has 1 N–H and O–H groups in total. The van der Waals surface area contributed by atoms with Crippen molar-refractivity contribution in [2.75, 3.05) is 0 Å². The molecule has 27 heavy (non-hydrogen) atoms. The molecule has 4 heteroatoms. The van der Waals surface area contributed by atoms with Crippen LogP contribution in [0.15, 0.2) is 96.5 Å². The molecule has 0 bridgehead atoms. The molecule has 1 aromatic heterocycles. The first-order valence-corrected chi connectivity index (χ1v) is 9.60. The van der Waals surface area contributed by atoms with E-state index in [2.05, 4.69) is 10.3 Å². The topological polar surface area (TPSA) is 42.0 Å². The van der Waals surface area contributed by atoms with Gasteiger partial charge in [0, 0.05) is 5.56 Å². The molecule has 0 aliphatic rings. The van der Waals surface area contributed by atoms with E-state index in [1.807, 2.05) is 91.0 Å². The number of nitrogens with one attached hydrogen (secondary N) is 1. The maximum atomic E-state index is 13.1. The van der Waals surface area contributed by atoms with E-state index in [4.69, 9.17) is 0 Å². The van der Waals surface area contributed by atoms with Crippen molar-refractivity contribution in [3.63, 3.8) is 0 Å². The van der Waals surface area contributed by atoms with Gasteiger partial charge in [-0.1, -0.05) is 91.0 Å². The third kappa shape index (κ3) is 3.81. The Morgan fingerprint density at radius 1 is 0.778 bits per heavy atom. The molecule has 3 aromatic carbocycles. The Balaban J connectivity index is 1.67. The van der Waals surface area contributed by atoms with E-state index in [-0.39, 0.29) is 11.9 Å². The summed E-state index contributed by atoms with van der Waals surface area (Å²) in [5.41, 5.74) is 5.47. The first kappa shape index (κ1) is 17.2. The molecule has 0 unspecified atom stereocenters. The lowest BCUT2D eigenvalue weighted by Crippen LogP contribution is -2.29. The molecular weight excluding hydrogens is 352 g/mol. The maximum Gasteiger partial charge on any atom is 0.264 e. The number of nitrogens with zero attached hydrogens (tertiary/aromatic N) is 1. The number of hydrogen-bond acceptors (Lipinski definition) is 3. The fourth-order valence-corrected chi connectivity index (χ4v) is 3.77. The van der Waals surface area contributed by atoms with E-state index >= 15 is 0 Å². The van der Waals surface area contributed by atoms with Gasteiger partial charge in [-0.05, 0) is 11.1 Å². The molecule has 3 nitrogen and oxygen atoms in total. The summed E-state index contributed by atoms with van der Waals surface area (Å²) in [5.74, 6) is -0.117. The Labute approximate surface area is 162 Å². The molecule has 0 saturated heterocycles. The molecule has 0 aliphatic carbocycles. The second kappa shape index (κ2) is 7.98. The summed E-state index contributed by atoms with van der Waals surface area (Å²) in [7, 11) is 0. The second-order valence-electron chi connectivity index (χ2n) is 6.12. The van der Waals surface area contributed by atoms with Gasteiger partial charge in [0.05, 0.1) is 17.2 Å². The zero-order valence-corrected chi connectivity index (χ0v) is 15.4. The number of hydrogen-bond donors (Lipinski definition) is 1. The maximum absolute atomic E-state index is 13.1. The molecular formula is C23H18N2OS. The van der Waals surface area contributed by atoms with Gasteiger partial charge in [0.2, 0.25) is 0 Å². The van der Waals surface area contributed by atoms with Crippen LogP contribution in [0.1, 0.15) is 26.8 Å². The van der Waals surface area contributed by atoms with Crippen molar-refractivity contribution >= 4 is 17.2 Å². The molecule has 1 heterocycles. The highest BCUT2D eigenvalue weighted by molar-refractivity contribution is 7.12. The van der Waals surface area contributed by atoms with Crippen molar-refractivity contribution in [3.05, 3.63) is 113 Å². The minimum absolute atomic E-state index is 0.117. The van der Waals surface area contributed by atoms with E-state index in [1.165, 1.54) is 11.3 Å². The lowest BCUT2D eigenvalue weighted by atomic mass is 9.98. The van der Waals surface area contributed by atoms with E-state index in [1.54, 1.807) is 5.51 Å². The third-order valence-electron chi connectivity index (χ3n) is 4.36. The van der Waals surface area contributed by atoms with Gasteiger partial charge in [-0.3, -0.25) is 4.79 Å². The highest BCUT2D eigenvalue weighted by Crippen LogP contribution is 2.27. The average molecular weight is 370 g/mol. The monoisotopic (exact) mass is 370 g/mol. The Bertz CT molecular complexity index is 974. The Kier molecular flexibility index (Phi) is 5.08. The van der Waals surface area contributed by atoms with Crippen LogP contribution in [0.5, 0.6) is 0 Å². The van der Waals surface area contributed by atoms with Gasteiger partial charge in [0.15, 0.2) is 0 Å². The Morgan fingerprint density at radius 2 is 1.30 bits per heavy atom. The van der Waals surface area contributed by atoms with Crippen LogP contribution < -0.4 is 5.32 Å². The smallest absolute Gasteiger partial charge is 0.264 e. The molecule has 4 rings (SSSR count). The number of rotatable bonds is 5. The van der Waals surface area contributed by atoms with E-state index in [0.717, 1.165) is 22.4 Å². The highest BCUT2D eigenvalue weighted by Gasteiger charge is 2.21. The zero-order chi connectivity index (χ0) is 18.5. The summed E-state index contributed by atoms with van der Waals surface area (Å²) >= 11 is 1.36. The normalized spacial score (nSPS) is 10.7. The van der Waals surface area contributed by atoms with Gasteiger partial charge in [-0.25, -0.2) is 4.98 Å². The minimum atomic E-state index is -0.217. The molecule has 132 valence electrons. The first-order chi connectivity index (χ1) is 13.3. The zero-order valence-electron chi connectivity index (χ0n) is 14.6. The average Bonchev–Trinajstić information content (AvgIpc) is 3.24. The second-order valence-corrected chi connectivity index (χ2v) is 6.98. The molecule has 1 amide bonds. The van der Waals surface area contributed by atoms with Crippen LogP contribution >= 0.6 is 11.3 Å². The number of thiazole rings is 1. The largest absolute Gasteiger partial charge is 0.340 e. The summed E-state index contributed by atoms with van der Waals surface area (Å²) in [6.07, 6.45) is 0. The van der Waals surface area contributed by atoms with Crippen molar-refractivity contribution < 1.29 is 4.79 Å². The molecule has 0 spiro atoms. The van der Waals surface area contributed by atoms with E-state index in [0.29, 0.717) is 4.88 Å². The summed E-state index contributed by atoms with van der Waals surface area (Å²) in [4.78, 5) is 18.2. The van der Waals surface area contributed by atoms with E-state index in [9.17, 15) is 4.79 Å². The SMILES string of the molecule is O=C(NC(c1ccccc1)c1ccccc1)c1scnc1-c1ccccc1. The van der Waals surface area contributed by atoms with Crippen LogP contribution in [-0.4, -0.2) is 10.9 Å². The van der Waals surface area contributed by atoms with Crippen molar-refractivity contribution in [2.24, 2.45) is 0 Å². The predicted octanol–water partition coefficient (Wildman–Crippen LogP) is 5.33. The minimum Gasteiger partial charge on any atom is -0.340 e. The van der Waals surface area contributed by atoms with Crippen LogP contribution in [0.2, 0.25) is 0 Å². The number of aromatic nitrogens is 1. The number of amides is 1. The fraction of sp³-hybridized carbons (Fsp3) is 0.0435. The van der Waals surface area contributed by atoms with Crippen molar-refractivity contribution in [3.8, 4) is 11.3 Å². The molecule has 0 radical (unpaired) electrons. The van der Waals surface area contributed by atoms with Gasteiger partial charge >= 0.3 is 0 Å². The van der Waals surface area contributed by atoms with Crippen molar-refractivity contribution in [1.29, 1.82) is 0 Å². The molecule has 0 atom stereocenters. The summed E-state index contributed by atoms with van der Waals surface area (Å²) in [5, 5.41) is 3.19. The third-order valence-corrected chi connectivity index (χ3v) is 5.19. The lowest BCUT2D eigenvalue weighted by Gasteiger charge is -2.19. The summed E-state index contributed by atoms with van der Waals surface area (Å²) in [6.45, 7) is 0. The molecule has 0 aliphatic heterocycles. The first-order valence-electron chi connectivity index (χ1n) is 8.72. The Morgan fingerprint density at radius 3 is 1.85 bits per heavy atom. The standard InChI is InChI=1S/C23H18N2OS/c26-23(22-21(24-16-27-22)19-14-8-3-9-15-19)25-20(17-10-4-1-5-11-17)18-12-6-2-7-13-18/h1-16,20H,(H,25,26). The predicted molar refractivity (Wildman–Crippen MR) is 110 cm³/mol. The fourth-order valence-electron chi connectivity index (χ4n) is 3.06. The van der Waals surface area contributed by atoms with Crippen LogP contribution in [0.4, 0.5) is 0 Å². The quantitative estimate of drug-likeness (QED) is 0.516. The molecule has 0 saturated carbocycles. The molecule has 4 aromatic rings. The lowest BCUT2D eigenvalue weighted by molar-refractivity contribution is 0.0947. The van der Waals surface area contributed by atoms with Crippen LogP contribution in [0.3, 0.4) is 0 Å². The van der Waals surface area contributed by atoms with E-state index < -0.39 is 0 Å². The number of carbonyl (C=O) groups is 1. The van der Waals surface area contributed by atoms with Crippen molar-refractivity contribution in [2.45, 2.75) is 6.04 Å². The van der Waals surface area contributed by atoms with Gasteiger partial charge < -0.3 is 5.32 Å². The highest BCUT2D eigenvalue weighted by atomic mass is 32.1. The van der Waals surface area contributed by atoms with Crippen LogP contribution in [0.25, 0.3) is 11.3 Å². The van der Waals surface area contributed by atoms with Crippen LogP contribution in [0, 0.1) is 0 Å². The van der Waals surface area contributed by atoms with Gasteiger partial charge in [-0.15, -0.1) is 11.3 Å². The van der Waals surface area contributed by atoms with Gasteiger partial charge in [-0.2, -0.15) is 0 Å². The number of benzene rings is 3. The molecule has 0 fully saturated rings. The Hall–Kier alpha value is -3.24. The van der Waals surface area contributed by atoms with Gasteiger partial charge in [0.25, 0.3) is 5.91 Å². The van der Waals surface area contributed by atoms with Crippen LogP contribution in [-0.2, 0) is 0 Å². The summed E-state index contributed by atoms with van der Waals surface area (Å²) < 4.78 is 0.